The Balaban J connectivity index is 2.37. The van der Waals surface area contributed by atoms with Gasteiger partial charge in [0.2, 0.25) is 0 Å². The number of aryl methyl sites for hydroxylation is 2. The lowest BCUT2D eigenvalue weighted by molar-refractivity contribution is 0.592. The lowest BCUT2D eigenvalue weighted by Crippen LogP contribution is -2.23. The molecule has 0 bridgehead atoms. The molecule has 7 heteroatoms. The molecule has 0 saturated carbocycles. The van der Waals surface area contributed by atoms with Crippen molar-refractivity contribution in [1.82, 2.24) is 9.55 Å². The van der Waals surface area contributed by atoms with Gasteiger partial charge in [-0.05, 0) is 12.5 Å². The predicted molar refractivity (Wildman–Crippen MR) is 77.6 cm³/mol. The minimum atomic E-state index is -3.08. The Morgan fingerprint density at radius 3 is 2.79 bits per heavy atom. The van der Waals surface area contributed by atoms with Crippen molar-refractivity contribution in [3.05, 3.63) is 27.6 Å². The average molecular weight is 300 g/mol. The number of rotatable bonds is 5. The lowest BCUT2D eigenvalue weighted by atomic mass is 10.2. The minimum Gasteiger partial charge on any atom is -0.298 e. The monoisotopic (exact) mass is 300 g/mol. The van der Waals surface area contributed by atoms with Gasteiger partial charge in [0.05, 0.1) is 17.5 Å². The normalized spacial score (nSPS) is 12.1. The molecule has 0 aromatic carbocycles. The third-order valence-corrected chi connectivity index (χ3v) is 4.80. The molecule has 0 radical (unpaired) electrons. The molecule has 0 saturated heterocycles. The molecular formula is C12H16N2O3S2. The SMILES string of the molecule is CCCc1cc2c(=O)n(CCS(C)(=O)=O)cnc2s1. The molecule has 0 aliphatic heterocycles. The minimum absolute atomic E-state index is 0.0496. The summed E-state index contributed by atoms with van der Waals surface area (Å²) >= 11 is 1.53. The van der Waals surface area contributed by atoms with E-state index < -0.39 is 9.84 Å². The highest BCUT2D eigenvalue weighted by atomic mass is 32.2. The Morgan fingerprint density at radius 1 is 1.42 bits per heavy atom. The largest absolute Gasteiger partial charge is 0.298 e. The maximum Gasteiger partial charge on any atom is 0.262 e. The van der Waals surface area contributed by atoms with Crippen molar-refractivity contribution in [1.29, 1.82) is 0 Å². The zero-order chi connectivity index (χ0) is 14.0. The second-order valence-corrected chi connectivity index (χ2v) is 7.93. The fourth-order valence-corrected chi connectivity index (χ4v) is 3.42. The van der Waals surface area contributed by atoms with E-state index >= 15 is 0 Å². The fraction of sp³-hybridized carbons (Fsp3) is 0.500. The predicted octanol–water partition coefficient (Wildman–Crippen LogP) is 1.46. The molecule has 0 aliphatic carbocycles. The highest BCUT2D eigenvalue weighted by molar-refractivity contribution is 7.90. The summed E-state index contributed by atoms with van der Waals surface area (Å²) in [7, 11) is -3.08. The van der Waals surface area contributed by atoms with Crippen molar-refractivity contribution >= 4 is 31.4 Å². The molecule has 5 nitrogen and oxygen atoms in total. The quantitative estimate of drug-likeness (QED) is 0.838. The van der Waals surface area contributed by atoms with Gasteiger partial charge in [-0.25, -0.2) is 13.4 Å². The van der Waals surface area contributed by atoms with E-state index in [0.29, 0.717) is 5.39 Å². The summed E-state index contributed by atoms with van der Waals surface area (Å²) in [6, 6.07) is 1.87. The molecule has 0 aliphatic rings. The van der Waals surface area contributed by atoms with E-state index in [1.54, 1.807) is 0 Å². The average Bonchev–Trinajstić information content (AvgIpc) is 2.71. The number of nitrogens with zero attached hydrogens (tertiary/aromatic N) is 2. The van der Waals surface area contributed by atoms with Crippen LogP contribution in [-0.4, -0.2) is 30.0 Å². The van der Waals surface area contributed by atoms with Crippen molar-refractivity contribution < 1.29 is 8.42 Å². The van der Waals surface area contributed by atoms with Gasteiger partial charge in [-0.15, -0.1) is 11.3 Å². The molecule has 19 heavy (non-hydrogen) atoms. The first-order chi connectivity index (χ1) is 8.90. The zero-order valence-electron chi connectivity index (χ0n) is 10.9. The van der Waals surface area contributed by atoms with E-state index in [4.69, 9.17) is 0 Å². The van der Waals surface area contributed by atoms with Gasteiger partial charge in [0.1, 0.15) is 14.7 Å². The number of thiophene rings is 1. The van der Waals surface area contributed by atoms with E-state index in [9.17, 15) is 13.2 Å². The van der Waals surface area contributed by atoms with Gasteiger partial charge in [0, 0.05) is 17.7 Å². The Labute approximate surface area is 115 Å². The first-order valence-electron chi connectivity index (χ1n) is 6.06. The highest BCUT2D eigenvalue weighted by Crippen LogP contribution is 2.21. The van der Waals surface area contributed by atoms with Crippen LogP contribution in [0.3, 0.4) is 0 Å². The van der Waals surface area contributed by atoms with Crippen LogP contribution >= 0.6 is 11.3 Å². The van der Waals surface area contributed by atoms with Crippen LogP contribution in [0.15, 0.2) is 17.2 Å². The van der Waals surface area contributed by atoms with Gasteiger partial charge in [-0.1, -0.05) is 13.3 Å². The second kappa shape index (κ2) is 5.42. The van der Waals surface area contributed by atoms with Gasteiger partial charge in [0.15, 0.2) is 0 Å². The second-order valence-electron chi connectivity index (χ2n) is 4.55. The van der Waals surface area contributed by atoms with Gasteiger partial charge >= 0.3 is 0 Å². The molecule has 0 atom stereocenters. The third-order valence-electron chi connectivity index (χ3n) is 2.77. The summed E-state index contributed by atoms with van der Waals surface area (Å²) in [5.74, 6) is -0.0496. The molecule has 104 valence electrons. The van der Waals surface area contributed by atoms with Crippen LogP contribution in [0.1, 0.15) is 18.2 Å². The van der Waals surface area contributed by atoms with Crippen molar-refractivity contribution in [2.75, 3.05) is 12.0 Å². The maximum absolute atomic E-state index is 12.2. The van der Waals surface area contributed by atoms with Crippen molar-refractivity contribution in [2.45, 2.75) is 26.3 Å². The van der Waals surface area contributed by atoms with Crippen LogP contribution in [0.4, 0.5) is 0 Å². The van der Waals surface area contributed by atoms with Gasteiger partial charge in [0.25, 0.3) is 5.56 Å². The van der Waals surface area contributed by atoms with Crippen molar-refractivity contribution in [3.63, 3.8) is 0 Å². The summed E-state index contributed by atoms with van der Waals surface area (Å²) < 4.78 is 23.6. The molecule has 0 amide bonds. The maximum atomic E-state index is 12.2. The molecule has 2 aromatic heterocycles. The van der Waals surface area contributed by atoms with E-state index in [0.717, 1.165) is 28.8 Å². The highest BCUT2D eigenvalue weighted by Gasteiger charge is 2.10. The van der Waals surface area contributed by atoms with Crippen molar-refractivity contribution in [2.24, 2.45) is 0 Å². The van der Waals surface area contributed by atoms with E-state index in [2.05, 4.69) is 11.9 Å². The van der Waals surface area contributed by atoms with Crippen LogP contribution in [0, 0.1) is 0 Å². The van der Waals surface area contributed by atoms with Gasteiger partial charge < -0.3 is 0 Å². The van der Waals surface area contributed by atoms with E-state index in [1.807, 2.05) is 6.07 Å². The molecule has 0 fully saturated rings. The topological polar surface area (TPSA) is 69.0 Å². The molecule has 2 aromatic rings. The number of fused-ring (bicyclic) bond motifs is 1. The number of hydrogen-bond acceptors (Lipinski definition) is 5. The molecule has 0 N–H and O–H groups in total. The standard InChI is InChI=1S/C12H16N2O3S2/c1-3-4-9-7-10-11(18-9)13-8-14(12(10)15)5-6-19(2,16)17/h7-8H,3-6H2,1-2H3. The first kappa shape index (κ1) is 14.2. The molecule has 2 heterocycles. The van der Waals surface area contributed by atoms with Crippen molar-refractivity contribution in [3.8, 4) is 0 Å². The Bertz CT molecular complexity index is 744. The number of aromatic nitrogens is 2. The Morgan fingerprint density at radius 2 is 2.16 bits per heavy atom. The number of hydrogen-bond donors (Lipinski definition) is 0. The van der Waals surface area contributed by atoms with Gasteiger partial charge in [-0.3, -0.25) is 9.36 Å². The summed E-state index contributed by atoms with van der Waals surface area (Å²) in [5, 5.41) is 0.587. The lowest BCUT2D eigenvalue weighted by Gasteiger charge is -2.03. The number of sulfone groups is 1. The first-order valence-corrected chi connectivity index (χ1v) is 8.94. The molecular weight excluding hydrogens is 284 g/mol. The smallest absolute Gasteiger partial charge is 0.262 e. The molecule has 2 rings (SSSR count). The van der Waals surface area contributed by atoms with Crippen LogP contribution in [0.2, 0.25) is 0 Å². The summed E-state index contributed by atoms with van der Waals surface area (Å²) in [6.45, 7) is 2.24. The van der Waals surface area contributed by atoms with Gasteiger partial charge in [-0.2, -0.15) is 0 Å². The summed E-state index contributed by atoms with van der Waals surface area (Å²) in [6.07, 6.45) is 4.55. The van der Waals surface area contributed by atoms with E-state index in [1.165, 1.54) is 22.2 Å². The summed E-state index contributed by atoms with van der Waals surface area (Å²) in [5.41, 5.74) is -0.160. The van der Waals surface area contributed by atoms with Crippen LogP contribution in [-0.2, 0) is 22.8 Å². The van der Waals surface area contributed by atoms with Crippen LogP contribution < -0.4 is 5.56 Å². The summed E-state index contributed by atoms with van der Waals surface area (Å²) in [4.78, 5) is 18.3. The third kappa shape index (κ3) is 3.42. The molecule has 0 spiro atoms. The molecule has 0 unspecified atom stereocenters. The van der Waals surface area contributed by atoms with E-state index in [-0.39, 0.29) is 17.9 Å². The fourth-order valence-electron chi connectivity index (χ4n) is 1.80. The van der Waals surface area contributed by atoms with Crippen LogP contribution in [0.25, 0.3) is 10.2 Å². The Kier molecular flexibility index (Phi) is 4.05. The zero-order valence-corrected chi connectivity index (χ0v) is 12.6. The van der Waals surface area contributed by atoms with Crippen LogP contribution in [0.5, 0.6) is 0 Å². The Hall–Kier alpha value is -1.21.